The van der Waals surface area contributed by atoms with Gasteiger partial charge in [-0.25, -0.2) is 15.0 Å². The van der Waals surface area contributed by atoms with Gasteiger partial charge in [-0.05, 0) is 27.9 Å². The van der Waals surface area contributed by atoms with Crippen LogP contribution in [0, 0.1) is 5.92 Å². The van der Waals surface area contributed by atoms with Crippen LogP contribution in [0.2, 0.25) is 0 Å². The van der Waals surface area contributed by atoms with E-state index in [4.69, 9.17) is 0 Å². The molecule has 0 aliphatic carbocycles. The molecule has 0 amide bonds. The number of pyridine rings is 1. The maximum atomic E-state index is 4.43. The maximum absolute atomic E-state index is 4.43. The van der Waals surface area contributed by atoms with Crippen LogP contribution in [0.15, 0.2) is 23.1 Å². The molecule has 3 heterocycles. The van der Waals surface area contributed by atoms with Crippen molar-refractivity contribution in [3.63, 3.8) is 0 Å². The van der Waals surface area contributed by atoms with Crippen molar-refractivity contribution < 1.29 is 0 Å². The number of anilines is 1. The summed E-state index contributed by atoms with van der Waals surface area (Å²) >= 11 is 5.08. The van der Waals surface area contributed by atoms with E-state index in [9.17, 15) is 0 Å². The average molecular weight is 337 g/mol. The second-order valence-electron chi connectivity index (χ2n) is 4.78. The van der Waals surface area contributed by atoms with Crippen molar-refractivity contribution in [2.75, 3.05) is 11.9 Å². The topological polar surface area (TPSA) is 50.7 Å². The molecule has 0 saturated carbocycles. The Balaban J connectivity index is 2.17. The Morgan fingerprint density at radius 1 is 1.32 bits per heavy atom. The van der Waals surface area contributed by atoms with Crippen molar-refractivity contribution in [3.8, 4) is 0 Å². The molecule has 1 N–H and O–H groups in total. The van der Waals surface area contributed by atoms with E-state index in [-0.39, 0.29) is 0 Å². The summed E-state index contributed by atoms with van der Waals surface area (Å²) in [7, 11) is 0. The van der Waals surface area contributed by atoms with Gasteiger partial charge in [0.15, 0.2) is 0 Å². The lowest BCUT2D eigenvalue weighted by Gasteiger charge is -2.07. The van der Waals surface area contributed by atoms with Gasteiger partial charge in [0, 0.05) is 22.6 Å². The molecule has 98 valence electrons. The molecule has 3 rings (SSSR count). The van der Waals surface area contributed by atoms with Crippen LogP contribution < -0.4 is 5.32 Å². The Kier molecular flexibility index (Phi) is 3.36. The van der Waals surface area contributed by atoms with Crippen molar-refractivity contribution in [3.05, 3.63) is 23.1 Å². The monoisotopic (exact) mass is 336 g/mol. The summed E-state index contributed by atoms with van der Waals surface area (Å²) in [5, 5.41) is 4.46. The number of nitrogens with one attached hydrogen (secondary N) is 1. The first-order valence-electron chi connectivity index (χ1n) is 6.08. The molecule has 0 bridgehead atoms. The van der Waals surface area contributed by atoms with Crippen LogP contribution in [0.5, 0.6) is 0 Å². The molecule has 0 fully saturated rings. The van der Waals surface area contributed by atoms with Gasteiger partial charge in [-0.15, -0.1) is 11.3 Å². The van der Waals surface area contributed by atoms with Crippen molar-refractivity contribution in [1.29, 1.82) is 0 Å². The third-order valence-corrected chi connectivity index (χ3v) is 4.30. The van der Waals surface area contributed by atoms with Gasteiger partial charge in [-0.3, -0.25) is 0 Å². The molecule has 0 saturated heterocycles. The molecular formula is C13H13BrN4S. The standard InChI is InChI=1S/C13H13BrN4S/c1-7(2)4-15-12-11-10(17-6-18-12)9-3-8(14)5-16-13(9)19-11/h3,5-7H,4H2,1-2H3,(H,15,17,18). The highest BCUT2D eigenvalue weighted by molar-refractivity contribution is 9.10. The number of fused-ring (bicyclic) bond motifs is 3. The molecule has 0 aliphatic heterocycles. The lowest BCUT2D eigenvalue weighted by Crippen LogP contribution is -2.09. The maximum Gasteiger partial charge on any atom is 0.147 e. The van der Waals surface area contributed by atoms with Crippen LogP contribution in [-0.4, -0.2) is 21.5 Å². The third kappa shape index (κ3) is 2.42. The van der Waals surface area contributed by atoms with Gasteiger partial charge in [0.1, 0.15) is 17.0 Å². The van der Waals surface area contributed by atoms with Gasteiger partial charge in [-0.1, -0.05) is 13.8 Å². The molecule has 0 spiro atoms. The van der Waals surface area contributed by atoms with E-state index >= 15 is 0 Å². The second kappa shape index (κ2) is 5.02. The van der Waals surface area contributed by atoms with Crippen molar-refractivity contribution in [1.82, 2.24) is 15.0 Å². The summed E-state index contributed by atoms with van der Waals surface area (Å²) in [5.74, 6) is 1.48. The molecule has 0 unspecified atom stereocenters. The fourth-order valence-electron chi connectivity index (χ4n) is 1.86. The number of hydrogen-bond donors (Lipinski definition) is 1. The van der Waals surface area contributed by atoms with Crippen LogP contribution in [0.1, 0.15) is 13.8 Å². The van der Waals surface area contributed by atoms with Gasteiger partial charge in [0.05, 0.1) is 10.2 Å². The number of thiophene rings is 1. The summed E-state index contributed by atoms with van der Waals surface area (Å²) in [6.07, 6.45) is 3.42. The highest BCUT2D eigenvalue weighted by Crippen LogP contribution is 2.35. The molecule has 3 aromatic heterocycles. The molecule has 0 aliphatic rings. The number of hydrogen-bond acceptors (Lipinski definition) is 5. The lowest BCUT2D eigenvalue weighted by molar-refractivity contribution is 0.687. The van der Waals surface area contributed by atoms with Gasteiger partial charge in [-0.2, -0.15) is 0 Å². The van der Waals surface area contributed by atoms with E-state index in [2.05, 4.69) is 56.1 Å². The number of aromatic nitrogens is 3. The minimum atomic E-state index is 0.576. The van der Waals surface area contributed by atoms with Crippen molar-refractivity contribution >= 4 is 53.5 Å². The first-order chi connectivity index (χ1) is 9.15. The Morgan fingerprint density at radius 3 is 2.95 bits per heavy atom. The van der Waals surface area contributed by atoms with Gasteiger partial charge >= 0.3 is 0 Å². The minimum absolute atomic E-state index is 0.576. The van der Waals surface area contributed by atoms with E-state index < -0.39 is 0 Å². The SMILES string of the molecule is CC(C)CNc1ncnc2c1sc1ncc(Br)cc12. The first-order valence-corrected chi connectivity index (χ1v) is 7.68. The zero-order valence-corrected chi connectivity index (χ0v) is 13.0. The molecule has 6 heteroatoms. The number of halogens is 1. The van der Waals surface area contributed by atoms with Crippen LogP contribution in [0.3, 0.4) is 0 Å². The van der Waals surface area contributed by atoms with E-state index in [0.29, 0.717) is 5.92 Å². The smallest absolute Gasteiger partial charge is 0.147 e. The Bertz CT molecular complexity index is 738. The molecule has 3 aromatic rings. The van der Waals surface area contributed by atoms with E-state index in [1.807, 2.05) is 6.20 Å². The molecule has 19 heavy (non-hydrogen) atoms. The van der Waals surface area contributed by atoms with Crippen molar-refractivity contribution in [2.24, 2.45) is 5.92 Å². The lowest BCUT2D eigenvalue weighted by atomic mass is 10.2. The van der Waals surface area contributed by atoms with Crippen LogP contribution in [-0.2, 0) is 0 Å². The van der Waals surface area contributed by atoms with Crippen LogP contribution in [0.25, 0.3) is 20.4 Å². The number of nitrogens with zero attached hydrogens (tertiary/aromatic N) is 3. The highest BCUT2D eigenvalue weighted by Gasteiger charge is 2.12. The molecular weight excluding hydrogens is 324 g/mol. The fraction of sp³-hybridized carbons (Fsp3) is 0.308. The largest absolute Gasteiger partial charge is 0.369 e. The average Bonchev–Trinajstić information content (AvgIpc) is 2.75. The summed E-state index contributed by atoms with van der Waals surface area (Å²) < 4.78 is 2.04. The van der Waals surface area contributed by atoms with Crippen molar-refractivity contribution in [2.45, 2.75) is 13.8 Å². The normalized spacial score (nSPS) is 11.6. The zero-order chi connectivity index (χ0) is 13.4. The Hall–Kier alpha value is -1.27. The summed E-state index contributed by atoms with van der Waals surface area (Å²) in [5.41, 5.74) is 0.968. The Morgan fingerprint density at radius 2 is 2.16 bits per heavy atom. The van der Waals surface area contributed by atoms with E-state index in [0.717, 1.165) is 37.3 Å². The minimum Gasteiger partial charge on any atom is -0.369 e. The van der Waals surface area contributed by atoms with Gasteiger partial charge in [0.2, 0.25) is 0 Å². The zero-order valence-electron chi connectivity index (χ0n) is 10.6. The third-order valence-electron chi connectivity index (χ3n) is 2.75. The number of rotatable bonds is 3. The second-order valence-corrected chi connectivity index (χ2v) is 6.70. The quantitative estimate of drug-likeness (QED) is 0.783. The van der Waals surface area contributed by atoms with Crippen LogP contribution in [0.4, 0.5) is 5.82 Å². The Labute approximate surface area is 123 Å². The predicted molar refractivity (Wildman–Crippen MR) is 83.7 cm³/mol. The molecule has 0 aromatic carbocycles. The summed E-state index contributed by atoms with van der Waals surface area (Å²) in [6, 6.07) is 2.06. The molecule has 4 nitrogen and oxygen atoms in total. The summed E-state index contributed by atoms with van der Waals surface area (Å²) in [4.78, 5) is 14.2. The highest BCUT2D eigenvalue weighted by atomic mass is 79.9. The summed E-state index contributed by atoms with van der Waals surface area (Å²) in [6.45, 7) is 5.25. The van der Waals surface area contributed by atoms with Gasteiger partial charge < -0.3 is 5.32 Å². The molecule has 0 atom stereocenters. The fourth-order valence-corrected chi connectivity index (χ4v) is 3.24. The predicted octanol–water partition coefficient (Wildman–Crippen LogP) is 4.07. The van der Waals surface area contributed by atoms with E-state index in [1.54, 1.807) is 17.7 Å². The molecule has 0 radical (unpaired) electrons. The first kappa shape index (κ1) is 12.7. The van der Waals surface area contributed by atoms with Gasteiger partial charge in [0.25, 0.3) is 0 Å². The van der Waals surface area contributed by atoms with Crippen LogP contribution >= 0.6 is 27.3 Å². The van der Waals surface area contributed by atoms with E-state index in [1.165, 1.54) is 0 Å².